The van der Waals surface area contributed by atoms with Crippen molar-refractivity contribution in [3.8, 4) is 0 Å². The van der Waals surface area contributed by atoms with Crippen LogP contribution >= 0.6 is 11.6 Å². The van der Waals surface area contributed by atoms with E-state index < -0.39 is 11.3 Å². The van der Waals surface area contributed by atoms with Crippen LogP contribution in [0.2, 0.25) is 0 Å². The summed E-state index contributed by atoms with van der Waals surface area (Å²) in [5, 5.41) is 92.6. The van der Waals surface area contributed by atoms with E-state index in [4.69, 9.17) is 11.6 Å². The van der Waals surface area contributed by atoms with Crippen LogP contribution in [0.4, 0.5) is 17.6 Å². The van der Waals surface area contributed by atoms with Crippen molar-refractivity contribution in [1.29, 1.82) is 0 Å². The highest BCUT2D eigenvalue weighted by atomic mass is 35.5. The van der Waals surface area contributed by atoms with Crippen LogP contribution < -0.4 is 5.32 Å². The Hall–Kier alpha value is -9.86. The molecule has 0 amide bonds. The zero-order chi connectivity index (χ0) is 104. The summed E-state index contributed by atoms with van der Waals surface area (Å²) in [6, 6.07) is 0. The molecule has 0 spiro atoms. The molecule has 12 rings (SSSR count). The van der Waals surface area contributed by atoms with E-state index in [-0.39, 0.29) is 37.5 Å². The Morgan fingerprint density at radius 2 is 0.638 bits per heavy atom. The number of hydrogen-bond acceptors (Lipinski definition) is 25. The van der Waals surface area contributed by atoms with Crippen LogP contribution in [-0.4, -0.2) is 239 Å². The number of Topliss-reactive ketones (excluding diaryl/α,β-unsaturated/α-hetero) is 1. The standard InChI is InChI=1S/C11H20ClFN4.C11H19FN4.C11H19N3O.C9H17N3.C8H14FN3.5C8H15N3.C7H12FN3/c1-9(2)10-6-15-17(16-10)5-4-14-8-11(3,13)7-12;1-9(2)10-6-13-16(14-10)5-4-15-7-11(3,12)8-15;1-8(2)11-7-12-14(13-11)6-5-9(3)10(4)15;1-4-5-6-12-9(8(2)3)7-10-11-12;1-7(2)8-6-10-12(11-8)5-3-4-9;3*1-4-5-11-8(7(2)3)6-9-10-11;2*1-4-5-11-9-6-8(10-11)7(2)3;1-6(2)7-5-9-10-11(7)4-3-8/h6,9,14H,4-5,7-8H2,1-3H3;6,9H,4-5,7-8H2,1-3H3;7-9H,5-6H2,1-4H3;7-8H,4-6H2,1-3H3;6-7H,3-5H2,1-2H3;5*6-7H,4-5H2,1-3H3;5-6H,3-4H2,1-2H3. The highest BCUT2D eigenvalue weighted by Gasteiger charge is 2.38. The fraction of sp³-hybridized carbons (Fsp3) is 0.763. The minimum atomic E-state index is -1.36. The van der Waals surface area contributed by atoms with E-state index in [9.17, 15) is 22.4 Å². The van der Waals surface area contributed by atoms with Crippen molar-refractivity contribution in [3.63, 3.8) is 0 Å². The number of carbonyl (C=O) groups is 1. The summed E-state index contributed by atoms with van der Waals surface area (Å²) < 4.78 is 59.9. The smallest absolute Gasteiger partial charge is 0.134 e. The van der Waals surface area contributed by atoms with Crippen LogP contribution in [0.5, 0.6) is 0 Å². The highest BCUT2D eigenvalue weighted by molar-refractivity contribution is 6.18. The zero-order valence-corrected chi connectivity index (χ0v) is 90.8. The first-order chi connectivity index (χ1) is 65.4. The summed E-state index contributed by atoms with van der Waals surface area (Å²) in [6.45, 7) is 76.9. The van der Waals surface area contributed by atoms with Gasteiger partial charge in [-0.05, 0) is 137 Å². The summed E-state index contributed by atoms with van der Waals surface area (Å²) in [5.41, 5.74) is 9.69. The lowest BCUT2D eigenvalue weighted by Gasteiger charge is -2.42. The summed E-state index contributed by atoms with van der Waals surface area (Å²) in [7, 11) is 0. The maximum absolute atomic E-state index is 13.4. The van der Waals surface area contributed by atoms with Gasteiger partial charge in [-0.3, -0.25) is 14.1 Å². The summed E-state index contributed by atoms with van der Waals surface area (Å²) in [6.07, 6.45) is 29.1. The average Bonchev–Trinajstić information content (AvgIpc) is 1.36. The van der Waals surface area contributed by atoms with Crippen LogP contribution in [0.3, 0.4) is 0 Å². The first-order valence-electron chi connectivity index (χ1n) is 50.2. The number of unbranched alkanes of at least 4 members (excludes halogenated alkanes) is 1. The van der Waals surface area contributed by atoms with Gasteiger partial charge < -0.3 is 5.32 Å². The Bertz CT molecular complexity index is 4580. The van der Waals surface area contributed by atoms with Gasteiger partial charge in [0.2, 0.25) is 0 Å². The lowest BCUT2D eigenvalue weighted by molar-refractivity contribution is -0.120. The third-order valence-electron chi connectivity index (χ3n) is 21.2. The van der Waals surface area contributed by atoms with Crippen LogP contribution in [0.25, 0.3) is 0 Å². The van der Waals surface area contributed by atoms with Gasteiger partial charge in [0.15, 0.2) is 0 Å². The van der Waals surface area contributed by atoms with Crippen molar-refractivity contribution in [3.05, 3.63) is 131 Å². The second kappa shape index (κ2) is 68.3. The molecular formula is C97H176ClF4N35O. The highest BCUT2D eigenvalue weighted by Crippen LogP contribution is 2.25. The molecule has 1 aliphatic rings. The number of aryl methyl sites for hydroxylation is 9. The molecule has 2 unspecified atom stereocenters. The predicted molar refractivity (Wildman–Crippen MR) is 542 cm³/mol. The molecule has 1 N–H and O–H groups in total. The molecule has 0 aromatic carbocycles. The largest absolute Gasteiger partial charge is 0.312 e. The van der Waals surface area contributed by atoms with Crippen LogP contribution in [0, 0.1) is 5.92 Å². The number of nitrogens with zero attached hydrogens (tertiary/aromatic N) is 34. The number of carbonyl (C=O) groups excluding carboxylic acids is 1. The molecule has 0 bridgehead atoms. The van der Waals surface area contributed by atoms with Crippen molar-refractivity contribution >= 4 is 17.4 Å². The zero-order valence-electron chi connectivity index (χ0n) is 90.1. The maximum atomic E-state index is 13.4. The molecule has 2 atom stereocenters. The van der Waals surface area contributed by atoms with Gasteiger partial charge >= 0.3 is 0 Å². The Morgan fingerprint density at radius 3 is 0.884 bits per heavy atom. The number of likely N-dealkylation sites (tertiary alicyclic amines) is 1. The van der Waals surface area contributed by atoms with Gasteiger partial charge in [0.1, 0.15) is 23.8 Å². The molecule has 780 valence electrons. The fourth-order valence-electron chi connectivity index (χ4n) is 12.5. The van der Waals surface area contributed by atoms with E-state index in [1.165, 1.54) is 42.5 Å². The number of alkyl halides is 5. The molecular weight excluding hydrogens is 1780 g/mol. The van der Waals surface area contributed by atoms with Crippen molar-refractivity contribution in [2.45, 2.75) is 428 Å². The van der Waals surface area contributed by atoms with E-state index in [0.29, 0.717) is 117 Å². The summed E-state index contributed by atoms with van der Waals surface area (Å²) >= 11 is 5.48. The van der Waals surface area contributed by atoms with Gasteiger partial charge in [0.25, 0.3) is 0 Å². The van der Waals surface area contributed by atoms with Gasteiger partial charge in [0, 0.05) is 64.8 Å². The second-order valence-corrected chi connectivity index (χ2v) is 38.8. The number of rotatable bonds is 42. The van der Waals surface area contributed by atoms with E-state index in [1.54, 1.807) is 78.3 Å². The van der Waals surface area contributed by atoms with Crippen molar-refractivity contribution < 1.29 is 22.4 Å². The lowest BCUT2D eigenvalue weighted by Crippen LogP contribution is -2.57. The SMILES string of the molecule is CC(=O)C(C)CCn1ncc(C(C)C)n1.CC(C)c1cnn(CCCF)n1.CC(C)c1cnn(CCN2CC(C)(F)C2)n1.CC(C)c1cnn(CCNCC(C)(F)CCl)n1.CC(C)c1cnnn1CCF.CCCCn1nncc1C(C)C.CCCn1ncc(C(C)C)n1.CCCn1ncc(C(C)C)n1.CCCn1nncc1C(C)C.CCCn1nncc1C(C)C.CCCn1nncc1C(C)C. The lowest BCUT2D eigenvalue weighted by atomic mass is 9.99. The molecule has 1 aliphatic heterocycles. The van der Waals surface area contributed by atoms with E-state index in [2.05, 4.69) is 303 Å². The fourth-order valence-corrected chi connectivity index (χ4v) is 12.6. The van der Waals surface area contributed by atoms with Gasteiger partial charge in [-0.1, -0.05) is 233 Å². The molecule has 41 heteroatoms. The minimum Gasteiger partial charge on any atom is -0.312 e. The molecule has 0 radical (unpaired) electrons. The Kier molecular flexibility index (Phi) is 61.4. The molecule has 0 saturated carbocycles. The first-order valence-corrected chi connectivity index (χ1v) is 50.7. The third kappa shape index (κ3) is 49.8. The number of aromatic nitrogens is 33. The number of ketones is 1. The number of hydrogen-bond donors (Lipinski definition) is 1. The molecule has 11 aromatic heterocycles. The molecule has 0 aliphatic carbocycles. The maximum Gasteiger partial charge on any atom is 0.134 e. The van der Waals surface area contributed by atoms with Gasteiger partial charge in [-0.2, -0.15) is 90.0 Å². The number of nitrogens with one attached hydrogen (secondary N) is 1. The summed E-state index contributed by atoms with van der Waals surface area (Å²) in [4.78, 5) is 23.2. The predicted octanol–water partition coefficient (Wildman–Crippen LogP) is 19.8. The van der Waals surface area contributed by atoms with Crippen molar-refractivity contribution in [2.24, 2.45) is 5.92 Å². The van der Waals surface area contributed by atoms with E-state index >= 15 is 0 Å². The van der Waals surface area contributed by atoms with Gasteiger partial charge in [-0.25, -0.2) is 36.6 Å². The molecule has 1 fully saturated rings. The Balaban J connectivity index is 0.000000515. The van der Waals surface area contributed by atoms with E-state index in [1.807, 2.05) is 76.7 Å². The van der Waals surface area contributed by atoms with Crippen molar-refractivity contribution in [2.75, 3.05) is 52.0 Å². The quantitative estimate of drug-likeness (QED) is 0.0211. The average molecular weight is 1960 g/mol. The molecule has 11 aromatic rings. The number of halogens is 5. The first kappa shape index (κ1) is 124. The second-order valence-electron chi connectivity index (χ2n) is 38.5. The third-order valence-corrected chi connectivity index (χ3v) is 21.7. The van der Waals surface area contributed by atoms with Gasteiger partial charge in [0.05, 0.1) is 189 Å². The molecule has 12 heterocycles. The van der Waals surface area contributed by atoms with E-state index in [0.717, 1.165) is 131 Å². The van der Waals surface area contributed by atoms with Gasteiger partial charge in [-0.15, -0.1) is 37.1 Å². The van der Waals surface area contributed by atoms with Crippen molar-refractivity contribution in [1.82, 2.24) is 175 Å². The Labute approximate surface area is 827 Å². The normalized spacial score (nSPS) is 12.8. The molecule has 36 nitrogen and oxygen atoms in total. The van der Waals surface area contributed by atoms with Crippen LogP contribution in [0.1, 0.15) is 407 Å². The summed E-state index contributed by atoms with van der Waals surface area (Å²) in [5.74, 6) is 5.34. The monoisotopic (exact) mass is 1960 g/mol. The molecule has 138 heavy (non-hydrogen) atoms. The molecule has 1 saturated heterocycles. The van der Waals surface area contributed by atoms with Crippen LogP contribution in [0.15, 0.2) is 68.2 Å². The topological polar surface area (TPSA) is 370 Å². The van der Waals surface area contributed by atoms with Crippen LogP contribution in [-0.2, 0) is 76.8 Å². The Morgan fingerprint density at radius 1 is 0.362 bits per heavy atom. The minimum absolute atomic E-state index is 0.00246.